The molecule has 0 unspecified atom stereocenters. The molecule has 1 heterocycles. The van der Waals surface area contributed by atoms with Gasteiger partial charge in [-0.1, -0.05) is 11.8 Å². The van der Waals surface area contributed by atoms with E-state index >= 15 is 0 Å². The van der Waals surface area contributed by atoms with Crippen LogP contribution in [0.3, 0.4) is 0 Å². The van der Waals surface area contributed by atoms with Crippen LogP contribution in [0, 0.1) is 0 Å². The van der Waals surface area contributed by atoms with Gasteiger partial charge in [0.15, 0.2) is 5.17 Å². The van der Waals surface area contributed by atoms with Gasteiger partial charge in [0, 0.05) is 26.2 Å². The number of carbonyl (C=O) groups is 3. The molecule has 1 aliphatic heterocycles. The Bertz CT molecular complexity index is 657. The third kappa shape index (κ3) is 3.89. The number of nitrogens with zero attached hydrogens (tertiary/aromatic N) is 2. The maximum Gasteiger partial charge on any atom is 0.337 e. The van der Waals surface area contributed by atoms with Crippen LogP contribution in [0.4, 0.5) is 5.69 Å². The van der Waals surface area contributed by atoms with Crippen molar-refractivity contribution >= 4 is 40.4 Å². The van der Waals surface area contributed by atoms with E-state index in [1.54, 1.807) is 38.4 Å². The van der Waals surface area contributed by atoms with E-state index in [4.69, 9.17) is 0 Å². The zero-order chi connectivity index (χ0) is 17.0. The number of hydrogen-bond acceptors (Lipinski definition) is 6. The summed E-state index contributed by atoms with van der Waals surface area (Å²) >= 11 is 1.28. The number of aliphatic imine (C=N–C) groups is 1. The van der Waals surface area contributed by atoms with Gasteiger partial charge in [-0.05, 0) is 24.3 Å². The molecule has 2 rings (SSSR count). The number of ether oxygens (including phenoxy) is 1. The number of rotatable bonds is 4. The zero-order valence-corrected chi connectivity index (χ0v) is 13.8. The van der Waals surface area contributed by atoms with Gasteiger partial charge < -0.3 is 10.1 Å². The normalized spacial score (nSPS) is 19.1. The van der Waals surface area contributed by atoms with Crippen LogP contribution in [0.5, 0.6) is 0 Å². The highest BCUT2D eigenvalue weighted by molar-refractivity contribution is 8.15. The molecule has 1 fully saturated rings. The fourth-order valence-electron chi connectivity index (χ4n) is 2.09. The molecule has 0 spiro atoms. The number of benzene rings is 1. The van der Waals surface area contributed by atoms with Crippen LogP contribution in [0.25, 0.3) is 0 Å². The second kappa shape index (κ2) is 7.28. The van der Waals surface area contributed by atoms with Crippen molar-refractivity contribution in [1.82, 2.24) is 4.90 Å². The van der Waals surface area contributed by atoms with Crippen molar-refractivity contribution in [3.8, 4) is 0 Å². The van der Waals surface area contributed by atoms with Crippen molar-refractivity contribution in [2.75, 3.05) is 26.5 Å². The lowest BCUT2D eigenvalue weighted by Crippen LogP contribution is -2.30. The molecule has 0 aromatic heterocycles. The van der Waals surface area contributed by atoms with Gasteiger partial charge in [0.05, 0.1) is 12.7 Å². The molecule has 23 heavy (non-hydrogen) atoms. The summed E-state index contributed by atoms with van der Waals surface area (Å²) in [6, 6.07) is 6.34. The maximum absolute atomic E-state index is 12.1. The molecule has 0 saturated carbocycles. The highest BCUT2D eigenvalue weighted by Crippen LogP contribution is 2.28. The molecule has 7 nitrogen and oxygen atoms in total. The first-order valence-corrected chi connectivity index (χ1v) is 7.73. The first-order valence-electron chi connectivity index (χ1n) is 6.85. The average Bonchev–Trinajstić information content (AvgIpc) is 2.82. The van der Waals surface area contributed by atoms with Gasteiger partial charge in [-0.15, -0.1) is 0 Å². The molecule has 122 valence electrons. The highest BCUT2D eigenvalue weighted by atomic mass is 32.2. The third-order valence-corrected chi connectivity index (χ3v) is 4.61. The Morgan fingerprint density at radius 3 is 2.52 bits per heavy atom. The molecular weight excluding hydrogens is 318 g/mol. The van der Waals surface area contributed by atoms with Crippen molar-refractivity contribution < 1.29 is 19.1 Å². The number of thioether (sulfide) groups is 1. The summed E-state index contributed by atoms with van der Waals surface area (Å²) < 4.78 is 4.61. The van der Waals surface area contributed by atoms with Gasteiger partial charge in [0.2, 0.25) is 11.8 Å². The maximum atomic E-state index is 12.1. The Labute approximate surface area is 138 Å². The summed E-state index contributed by atoms with van der Waals surface area (Å²) in [6.07, 6.45) is 0.0611. The molecule has 1 atom stereocenters. The van der Waals surface area contributed by atoms with E-state index in [0.29, 0.717) is 16.4 Å². The van der Waals surface area contributed by atoms with Gasteiger partial charge in [-0.3, -0.25) is 19.5 Å². The molecule has 1 aromatic carbocycles. The number of amidine groups is 1. The van der Waals surface area contributed by atoms with Gasteiger partial charge in [0.25, 0.3) is 0 Å². The van der Waals surface area contributed by atoms with Crippen molar-refractivity contribution in [3.05, 3.63) is 29.8 Å². The number of carbonyl (C=O) groups excluding carboxylic acids is 3. The molecule has 2 amide bonds. The van der Waals surface area contributed by atoms with Gasteiger partial charge in [-0.25, -0.2) is 4.79 Å². The predicted octanol–water partition coefficient (Wildman–Crippen LogP) is 1.36. The predicted molar refractivity (Wildman–Crippen MR) is 88.5 cm³/mol. The average molecular weight is 335 g/mol. The van der Waals surface area contributed by atoms with Crippen LogP contribution in [0.15, 0.2) is 29.3 Å². The number of amides is 2. The molecule has 0 bridgehead atoms. The molecule has 0 aliphatic carbocycles. The summed E-state index contributed by atoms with van der Waals surface area (Å²) in [6.45, 7) is 0. The monoisotopic (exact) mass is 335 g/mol. The Kier molecular flexibility index (Phi) is 5.38. The Morgan fingerprint density at radius 2 is 2.00 bits per heavy atom. The summed E-state index contributed by atoms with van der Waals surface area (Å²) in [5.41, 5.74) is 0.952. The van der Waals surface area contributed by atoms with E-state index in [-0.39, 0.29) is 18.2 Å². The smallest absolute Gasteiger partial charge is 0.337 e. The van der Waals surface area contributed by atoms with Crippen molar-refractivity contribution in [3.63, 3.8) is 0 Å². The molecule has 0 radical (unpaired) electrons. The first-order chi connectivity index (χ1) is 11.0. The van der Waals surface area contributed by atoms with Crippen LogP contribution in [-0.2, 0) is 14.3 Å². The lowest BCUT2D eigenvalue weighted by Gasteiger charge is -2.09. The molecule has 8 heteroatoms. The number of methoxy groups -OCH3 is 1. The SMILES string of the molecule is CN=C1S[C@H](CC(=O)Nc2ccc(C(=O)OC)cc2)C(=O)N1C. The van der Waals surface area contributed by atoms with E-state index in [9.17, 15) is 14.4 Å². The first kappa shape index (κ1) is 17.0. The van der Waals surface area contributed by atoms with E-state index < -0.39 is 11.2 Å². The number of anilines is 1. The van der Waals surface area contributed by atoms with Crippen LogP contribution >= 0.6 is 11.8 Å². The van der Waals surface area contributed by atoms with Crippen molar-refractivity contribution in [1.29, 1.82) is 0 Å². The molecule has 1 N–H and O–H groups in total. The molecule has 1 aliphatic rings. The quantitative estimate of drug-likeness (QED) is 0.840. The minimum absolute atomic E-state index is 0.0611. The highest BCUT2D eigenvalue weighted by Gasteiger charge is 2.36. The second-order valence-corrected chi connectivity index (χ2v) is 6.00. The van der Waals surface area contributed by atoms with Crippen LogP contribution in [0.1, 0.15) is 16.8 Å². The van der Waals surface area contributed by atoms with Crippen LogP contribution in [-0.4, -0.2) is 54.3 Å². The van der Waals surface area contributed by atoms with Crippen molar-refractivity contribution in [2.24, 2.45) is 4.99 Å². The Balaban J connectivity index is 1.95. The Hall–Kier alpha value is -2.35. The lowest BCUT2D eigenvalue weighted by atomic mass is 10.2. The largest absolute Gasteiger partial charge is 0.465 e. The molecule has 1 saturated heterocycles. The lowest BCUT2D eigenvalue weighted by molar-refractivity contribution is -0.127. The van der Waals surface area contributed by atoms with Crippen LogP contribution < -0.4 is 5.32 Å². The number of nitrogens with one attached hydrogen (secondary N) is 1. The zero-order valence-electron chi connectivity index (χ0n) is 13.0. The third-order valence-electron chi connectivity index (χ3n) is 3.29. The standard InChI is InChI=1S/C15H17N3O4S/c1-16-15-18(2)13(20)11(23-15)8-12(19)17-10-6-4-9(5-7-10)14(21)22-3/h4-7,11H,8H2,1-3H3,(H,17,19)/t11-/m1/s1. The van der Waals surface area contributed by atoms with Gasteiger partial charge in [-0.2, -0.15) is 0 Å². The summed E-state index contributed by atoms with van der Waals surface area (Å²) in [5.74, 6) is -0.843. The minimum atomic E-state index is -0.465. The van der Waals surface area contributed by atoms with E-state index in [2.05, 4.69) is 15.0 Å². The Morgan fingerprint density at radius 1 is 1.35 bits per heavy atom. The minimum Gasteiger partial charge on any atom is -0.465 e. The summed E-state index contributed by atoms with van der Waals surface area (Å²) in [7, 11) is 4.55. The van der Waals surface area contributed by atoms with E-state index in [0.717, 1.165) is 0 Å². The second-order valence-electron chi connectivity index (χ2n) is 4.83. The fraction of sp³-hybridized carbons (Fsp3) is 0.333. The van der Waals surface area contributed by atoms with Gasteiger partial charge in [0.1, 0.15) is 5.25 Å². The van der Waals surface area contributed by atoms with E-state index in [1.807, 2.05) is 0 Å². The van der Waals surface area contributed by atoms with Crippen LogP contribution in [0.2, 0.25) is 0 Å². The number of hydrogen-bond donors (Lipinski definition) is 1. The fourth-order valence-corrected chi connectivity index (χ4v) is 3.19. The van der Waals surface area contributed by atoms with Gasteiger partial charge >= 0.3 is 5.97 Å². The summed E-state index contributed by atoms with van der Waals surface area (Å²) in [5, 5.41) is 2.85. The topological polar surface area (TPSA) is 88.1 Å². The molecular formula is C15H17N3O4S. The number of esters is 1. The summed E-state index contributed by atoms with van der Waals surface area (Å²) in [4.78, 5) is 40.9. The molecule has 1 aromatic rings. The van der Waals surface area contributed by atoms with Crippen molar-refractivity contribution in [2.45, 2.75) is 11.7 Å². The van der Waals surface area contributed by atoms with E-state index in [1.165, 1.54) is 23.8 Å².